The van der Waals surface area contributed by atoms with E-state index in [4.69, 9.17) is 4.84 Å². The van der Waals surface area contributed by atoms with Crippen LogP contribution in [-0.2, 0) is 21.0 Å². The molecule has 2 unspecified atom stereocenters. The number of piperazine rings is 1. The van der Waals surface area contributed by atoms with Crippen LogP contribution in [0.3, 0.4) is 0 Å². The summed E-state index contributed by atoms with van der Waals surface area (Å²) in [5, 5.41) is 4.05. The molecule has 9 nitrogen and oxygen atoms in total. The number of nitrogens with one attached hydrogen (secondary N) is 1. The predicted octanol–water partition coefficient (Wildman–Crippen LogP) is 0.969. The van der Waals surface area contributed by atoms with Crippen molar-refractivity contribution in [2.75, 3.05) is 57.3 Å². The fraction of sp³-hybridized carbons (Fsp3) is 0.609. The summed E-state index contributed by atoms with van der Waals surface area (Å²) in [5.41, 5.74) is 4.06. The van der Waals surface area contributed by atoms with Crippen LogP contribution in [-0.4, -0.2) is 85.1 Å². The zero-order valence-corrected chi connectivity index (χ0v) is 18.6. The van der Waals surface area contributed by atoms with E-state index < -0.39 is 17.9 Å². The van der Waals surface area contributed by atoms with E-state index in [9.17, 15) is 14.4 Å². The van der Waals surface area contributed by atoms with Gasteiger partial charge in [-0.1, -0.05) is 12.1 Å². The molecule has 172 valence electrons. The summed E-state index contributed by atoms with van der Waals surface area (Å²) in [6.45, 7) is 10.4. The highest BCUT2D eigenvalue weighted by atomic mass is 16.7. The smallest absolute Gasteiger partial charge is 0.369 e. The van der Waals surface area contributed by atoms with Crippen LogP contribution in [0.5, 0.6) is 0 Å². The molecule has 0 saturated carbocycles. The summed E-state index contributed by atoms with van der Waals surface area (Å²) in [6.07, 6.45) is -0.363. The van der Waals surface area contributed by atoms with Gasteiger partial charge < -0.3 is 20.0 Å². The summed E-state index contributed by atoms with van der Waals surface area (Å²) >= 11 is 0. The van der Waals surface area contributed by atoms with E-state index in [1.165, 1.54) is 16.8 Å². The van der Waals surface area contributed by atoms with Gasteiger partial charge in [-0.25, -0.2) is 4.79 Å². The molecular formula is C23H31N5O4. The second-order valence-corrected chi connectivity index (χ2v) is 9.36. The topological polar surface area (TPSA) is 85.4 Å². The standard InChI is InChI=1S/C23H31N5O4/c1-16-17(3-2-4-20(16)26-9-7-24-8-10-26)11-25-12-18-14-27(15-19(18)13-25)23(31)32-28-21(29)5-6-22(28)30/h2-4,18-19,24H,5-15H2,1H3. The highest BCUT2D eigenvalue weighted by Crippen LogP contribution is 2.33. The lowest BCUT2D eigenvalue weighted by molar-refractivity contribution is -0.173. The molecule has 32 heavy (non-hydrogen) atoms. The number of hydrogen-bond acceptors (Lipinski definition) is 7. The van der Waals surface area contributed by atoms with Crippen LogP contribution in [0.4, 0.5) is 10.5 Å². The zero-order chi connectivity index (χ0) is 22.2. The van der Waals surface area contributed by atoms with Crippen molar-refractivity contribution in [3.05, 3.63) is 29.3 Å². The monoisotopic (exact) mass is 441 g/mol. The normalized spacial score (nSPS) is 26.2. The number of carbonyl (C=O) groups is 3. The van der Waals surface area contributed by atoms with Crippen LogP contribution in [0.25, 0.3) is 0 Å². The van der Waals surface area contributed by atoms with E-state index in [2.05, 4.69) is 40.2 Å². The van der Waals surface area contributed by atoms with E-state index in [1.807, 2.05) is 0 Å². The molecule has 0 aromatic heterocycles. The van der Waals surface area contributed by atoms with Crippen molar-refractivity contribution in [1.29, 1.82) is 0 Å². The van der Waals surface area contributed by atoms with Crippen LogP contribution in [0, 0.1) is 18.8 Å². The molecule has 9 heteroatoms. The van der Waals surface area contributed by atoms with Crippen LogP contribution in [0.1, 0.15) is 24.0 Å². The van der Waals surface area contributed by atoms with Crippen LogP contribution >= 0.6 is 0 Å². The third kappa shape index (κ3) is 4.06. The van der Waals surface area contributed by atoms with Gasteiger partial charge in [0.25, 0.3) is 11.8 Å². The lowest BCUT2D eigenvalue weighted by Crippen LogP contribution is -2.43. The molecule has 0 spiro atoms. The minimum absolute atomic E-state index is 0.113. The summed E-state index contributed by atoms with van der Waals surface area (Å²) in [5.74, 6) is -0.0898. The number of hydrogen-bond donors (Lipinski definition) is 1. The Kier molecular flexibility index (Phi) is 5.77. The zero-order valence-electron chi connectivity index (χ0n) is 18.6. The van der Waals surface area contributed by atoms with Crippen LogP contribution in [0.2, 0.25) is 0 Å². The summed E-state index contributed by atoms with van der Waals surface area (Å²) in [4.78, 5) is 47.5. The Bertz CT molecular complexity index is 886. The molecule has 4 aliphatic rings. The van der Waals surface area contributed by atoms with Crippen molar-refractivity contribution < 1.29 is 19.2 Å². The highest BCUT2D eigenvalue weighted by molar-refractivity contribution is 6.01. The van der Waals surface area contributed by atoms with Crippen molar-refractivity contribution >= 4 is 23.6 Å². The predicted molar refractivity (Wildman–Crippen MR) is 118 cm³/mol. The van der Waals surface area contributed by atoms with Gasteiger partial charge in [0.2, 0.25) is 0 Å². The van der Waals surface area contributed by atoms with E-state index in [-0.39, 0.29) is 12.8 Å². The molecule has 0 aliphatic carbocycles. The Morgan fingerprint density at radius 1 is 1.03 bits per heavy atom. The van der Waals surface area contributed by atoms with Gasteiger partial charge in [-0.2, -0.15) is 0 Å². The van der Waals surface area contributed by atoms with E-state index in [0.717, 1.165) is 45.8 Å². The number of likely N-dealkylation sites (tertiary alicyclic amines) is 2. The third-order valence-corrected chi connectivity index (χ3v) is 7.26. The first-order valence-corrected chi connectivity index (χ1v) is 11.6. The molecule has 1 aromatic carbocycles. The van der Waals surface area contributed by atoms with Crippen molar-refractivity contribution in [2.24, 2.45) is 11.8 Å². The van der Waals surface area contributed by atoms with Crippen molar-refractivity contribution in [1.82, 2.24) is 20.2 Å². The van der Waals surface area contributed by atoms with Crippen LogP contribution < -0.4 is 10.2 Å². The third-order valence-electron chi connectivity index (χ3n) is 7.26. The molecule has 0 radical (unpaired) electrons. The van der Waals surface area contributed by atoms with Crippen LogP contribution in [0.15, 0.2) is 18.2 Å². The van der Waals surface area contributed by atoms with Crippen molar-refractivity contribution in [2.45, 2.75) is 26.3 Å². The van der Waals surface area contributed by atoms with Gasteiger partial charge in [0, 0.05) is 77.4 Å². The first-order chi connectivity index (χ1) is 15.5. The fourth-order valence-corrected chi connectivity index (χ4v) is 5.49. The summed E-state index contributed by atoms with van der Waals surface area (Å²) in [7, 11) is 0. The number of imide groups is 1. The molecule has 5 rings (SSSR count). The van der Waals surface area contributed by atoms with E-state index >= 15 is 0 Å². The molecule has 1 aromatic rings. The molecule has 0 bridgehead atoms. The molecule has 4 heterocycles. The van der Waals surface area contributed by atoms with Gasteiger partial charge in [0.15, 0.2) is 0 Å². The maximum absolute atomic E-state index is 12.5. The van der Waals surface area contributed by atoms with Gasteiger partial charge in [-0.15, -0.1) is 5.06 Å². The lowest BCUT2D eigenvalue weighted by Gasteiger charge is -2.31. The maximum Gasteiger partial charge on any atom is 0.434 e. The first-order valence-electron chi connectivity index (χ1n) is 11.6. The number of fused-ring (bicyclic) bond motifs is 1. The van der Waals surface area contributed by atoms with E-state index in [0.29, 0.717) is 30.0 Å². The lowest BCUT2D eigenvalue weighted by atomic mass is 10.0. The average molecular weight is 442 g/mol. The second-order valence-electron chi connectivity index (χ2n) is 9.36. The minimum Gasteiger partial charge on any atom is -0.369 e. The summed E-state index contributed by atoms with van der Waals surface area (Å²) in [6, 6.07) is 6.61. The number of benzene rings is 1. The number of carbonyl (C=O) groups excluding carboxylic acids is 3. The maximum atomic E-state index is 12.5. The number of hydroxylamine groups is 2. The first kappa shape index (κ1) is 21.2. The molecule has 3 amide bonds. The molecule has 4 saturated heterocycles. The number of rotatable bonds is 4. The Labute approximate surface area is 188 Å². The van der Waals surface area contributed by atoms with Gasteiger partial charge in [0.05, 0.1) is 0 Å². The van der Waals surface area contributed by atoms with E-state index in [1.54, 1.807) is 4.90 Å². The SMILES string of the molecule is Cc1c(CN2CC3CN(C(=O)ON4C(=O)CCC4=O)CC3C2)cccc1N1CCNCC1. The molecule has 4 aliphatic heterocycles. The second kappa shape index (κ2) is 8.71. The number of nitrogens with zero attached hydrogens (tertiary/aromatic N) is 4. The molecule has 2 atom stereocenters. The Balaban J connectivity index is 1.16. The largest absolute Gasteiger partial charge is 0.434 e. The van der Waals surface area contributed by atoms with Gasteiger partial charge in [-0.05, 0) is 36.0 Å². The number of amides is 3. The fourth-order valence-electron chi connectivity index (χ4n) is 5.49. The highest BCUT2D eigenvalue weighted by Gasteiger charge is 2.43. The Hall–Kier alpha value is -2.65. The molecule has 1 N–H and O–H groups in total. The van der Waals surface area contributed by atoms with Crippen molar-refractivity contribution in [3.63, 3.8) is 0 Å². The quantitative estimate of drug-likeness (QED) is 0.697. The Morgan fingerprint density at radius 3 is 2.34 bits per heavy atom. The number of anilines is 1. The van der Waals surface area contributed by atoms with Gasteiger partial charge in [0.1, 0.15) is 0 Å². The molecular weight excluding hydrogens is 410 g/mol. The van der Waals surface area contributed by atoms with Gasteiger partial charge in [-0.3, -0.25) is 14.5 Å². The van der Waals surface area contributed by atoms with Gasteiger partial charge >= 0.3 is 6.09 Å². The average Bonchev–Trinajstić information content (AvgIpc) is 3.45. The summed E-state index contributed by atoms with van der Waals surface area (Å²) < 4.78 is 0. The van der Waals surface area contributed by atoms with Crippen molar-refractivity contribution in [3.8, 4) is 0 Å². The molecule has 4 fully saturated rings. The Morgan fingerprint density at radius 2 is 1.69 bits per heavy atom. The minimum atomic E-state index is -0.589.